The molecule has 0 amide bonds. The number of nitrogens with zero attached hydrogens (tertiary/aromatic N) is 2. The third-order valence-electron chi connectivity index (χ3n) is 2.93. The first kappa shape index (κ1) is 11.5. The minimum atomic E-state index is -0.382. The lowest BCUT2D eigenvalue weighted by Gasteiger charge is -2.23. The van der Waals surface area contributed by atoms with E-state index in [9.17, 15) is 0 Å². The fourth-order valence-electron chi connectivity index (χ4n) is 1.53. The van der Waals surface area contributed by atoms with Crippen molar-refractivity contribution in [3.8, 4) is 0 Å². The van der Waals surface area contributed by atoms with Crippen LogP contribution >= 0.6 is 15.9 Å². The lowest BCUT2D eigenvalue weighted by Crippen LogP contribution is -2.24. The Morgan fingerprint density at radius 2 is 2.31 bits per heavy atom. The van der Waals surface area contributed by atoms with Gasteiger partial charge in [0.15, 0.2) is 5.65 Å². The summed E-state index contributed by atoms with van der Waals surface area (Å²) in [6.45, 7) is 4.08. The lowest BCUT2D eigenvalue weighted by atomic mass is 10.0. The molecule has 2 heterocycles. The summed E-state index contributed by atoms with van der Waals surface area (Å²) in [4.78, 5) is 11.9. The Hall–Kier alpha value is -0.940. The van der Waals surface area contributed by atoms with Gasteiger partial charge >= 0.3 is 0 Å². The van der Waals surface area contributed by atoms with Gasteiger partial charge in [0.05, 0.1) is 5.52 Å². The van der Waals surface area contributed by atoms with Gasteiger partial charge in [0.2, 0.25) is 0 Å². The average Bonchev–Trinajstić information content (AvgIpc) is 2.71. The van der Waals surface area contributed by atoms with E-state index >= 15 is 0 Å². The van der Waals surface area contributed by atoms with Crippen molar-refractivity contribution < 1.29 is 4.74 Å². The monoisotopic (exact) mass is 283 g/mol. The van der Waals surface area contributed by atoms with E-state index in [4.69, 9.17) is 4.74 Å². The summed E-state index contributed by atoms with van der Waals surface area (Å²) in [5.41, 5.74) is 1.25. The SMILES string of the molecule is CCC(C)(OC)c1nc2ncc(Br)cc2[nH]1. The van der Waals surface area contributed by atoms with Crippen molar-refractivity contribution in [3.05, 3.63) is 22.6 Å². The van der Waals surface area contributed by atoms with Crippen LogP contribution in [0.1, 0.15) is 26.1 Å². The first-order valence-corrected chi connectivity index (χ1v) is 5.95. The summed E-state index contributed by atoms with van der Waals surface area (Å²) in [5, 5.41) is 0. The maximum Gasteiger partial charge on any atom is 0.177 e. The van der Waals surface area contributed by atoms with E-state index in [2.05, 4.69) is 37.8 Å². The maximum absolute atomic E-state index is 5.50. The van der Waals surface area contributed by atoms with Crippen molar-refractivity contribution in [3.63, 3.8) is 0 Å². The normalized spacial score (nSPS) is 15.2. The molecule has 1 unspecified atom stereocenters. The highest BCUT2D eigenvalue weighted by Crippen LogP contribution is 2.27. The molecule has 0 bridgehead atoms. The topological polar surface area (TPSA) is 50.8 Å². The molecule has 2 aromatic heterocycles. The molecule has 86 valence electrons. The standard InChI is InChI=1S/C11H14BrN3O/c1-4-11(2,16-3)10-14-8-5-7(12)6-13-9(8)15-10/h5-6H,4H2,1-3H3,(H,13,14,15). The lowest BCUT2D eigenvalue weighted by molar-refractivity contribution is -0.00805. The second kappa shape index (κ2) is 4.14. The van der Waals surface area contributed by atoms with E-state index in [1.165, 1.54) is 0 Å². The summed E-state index contributed by atoms with van der Waals surface area (Å²) in [6.07, 6.45) is 2.59. The Bertz CT molecular complexity index is 505. The van der Waals surface area contributed by atoms with Crippen LogP contribution in [0.3, 0.4) is 0 Å². The van der Waals surface area contributed by atoms with Crippen LogP contribution in [0.2, 0.25) is 0 Å². The van der Waals surface area contributed by atoms with Crippen LogP contribution in [-0.4, -0.2) is 22.1 Å². The van der Waals surface area contributed by atoms with Gasteiger partial charge in [-0.05, 0) is 35.3 Å². The van der Waals surface area contributed by atoms with Crippen LogP contribution in [0, 0.1) is 0 Å². The number of fused-ring (bicyclic) bond motifs is 1. The predicted octanol–water partition coefficient (Wildman–Crippen LogP) is 2.99. The molecule has 0 aromatic carbocycles. The number of rotatable bonds is 3. The van der Waals surface area contributed by atoms with Gasteiger partial charge in [-0.25, -0.2) is 9.97 Å². The molecule has 0 spiro atoms. The van der Waals surface area contributed by atoms with Crippen LogP contribution < -0.4 is 0 Å². The molecule has 1 N–H and O–H groups in total. The summed E-state index contributed by atoms with van der Waals surface area (Å²) in [6, 6.07) is 1.96. The van der Waals surface area contributed by atoms with Gasteiger partial charge in [-0.2, -0.15) is 0 Å². The zero-order valence-electron chi connectivity index (χ0n) is 9.54. The molecule has 5 heteroatoms. The van der Waals surface area contributed by atoms with Gasteiger partial charge in [-0.3, -0.25) is 0 Å². The second-order valence-corrected chi connectivity index (χ2v) is 4.81. The Kier molecular flexibility index (Phi) is 2.99. The Morgan fingerprint density at radius 1 is 1.56 bits per heavy atom. The van der Waals surface area contributed by atoms with Gasteiger partial charge in [-0.1, -0.05) is 6.92 Å². The van der Waals surface area contributed by atoms with E-state index in [1.54, 1.807) is 13.3 Å². The van der Waals surface area contributed by atoms with Gasteiger partial charge in [0.1, 0.15) is 11.4 Å². The largest absolute Gasteiger partial charge is 0.371 e. The van der Waals surface area contributed by atoms with Crippen molar-refractivity contribution in [2.24, 2.45) is 0 Å². The highest BCUT2D eigenvalue weighted by molar-refractivity contribution is 9.10. The Morgan fingerprint density at radius 3 is 2.94 bits per heavy atom. The molecule has 0 aliphatic rings. The number of aromatic nitrogens is 3. The maximum atomic E-state index is 5.50. The molecule has 16 heavy (non-hydrogen) atoms. The van der Waals surface area contributed by atoms with Crippen LogP contribution in [0.25, 0.3) is 11.2 Å². The third kappa shape index (κ3) is 1.85. The summed E-state index contributed by atoms with van der Waals surface area (Å²) in [7, 11) is 1.69. The molecule has 0 radical (unpaired) electrons. The molecule has 0 aliphatic carbocycles. The average molecular weight is 284 g/mol. The molecule has 2 aromatic rings. The molecule has 4 nitrogen and oxygen atoms in total. The van der Waals surface area contributed by atoms with Gasteiger partial charge < -0.3 is 9.72 Å². The molecular weight excluding hydrogens is 270 g/mol. The van der Waals surface area contributed by atoms with Gasteiger partial charge in [0.25, 0.3) is 0 Å². The number of hydrogen-bond acceptors (Lipinski definition) is 3. The highest BCUT2D eigenvalue weighted by Gasteiger charge is 2.27. The smallest absolute Gasteiger partial charge is 0.177 e. The van der Waals surface area contributed by atoms with Crippen molar-refractivity contribution in [1.29, 1.82) is 0 Å². The van der Waals surface area contributed by atoms with E-state index in [1.807, 2.05) is 13.0 Å². The molecular formula is C11H14BrN3O. The van der Waals surface area contributed by atoms with Crippen LogP contribution in [-0.2, 0) is 10.3 Å². The van der Waals surface area contributed by atoms with Gasteiger partial charge in [0, 0.05) is 17.8 Å². The fourth-order valence-corrected chi connectivity index (χ4v) is 1.86. The molecule has 0 saturated carbocycles. The number of aromatic amines is 1. The number of pyridine rings is 1. The first-order valence-electron chi connectivity index (χ1n) is 5.16. The van der Waals surface area contributed by atoms with Crippen molar-refractivity contribution in [1.82, 2.24) is 15.0 Å². The predicted molar refractivity (Wildman–Crippen MR) is 66.2 cm³/mol. The molecule has 0 aliphatic heterocycles. The zero-order valence-corrected chi connectivity index (χ0v) is 11.1. The summed E-state index contributed by atoms with van der Waals surface area (Å²) >= 11 is 3.38. The number of ether oxygens (including phenoxy) is 1. The van der Waals surface area contributed by atoms with Crippen molar-refractivity contribution >= 4 is 27.1 Å². The number of nitrogens with one attached hydrogen (secondary N) is 1. The van der Waals surface area contributed by atoms with Crippen LogP contribution in [0.15, 0.2) is 16.7 Å². The first-order chi connectivity index (χ1) is 7.59. The van der Waals surface area contributed by atoms with Crippen LogP contribution in [0.4, 0.5) is 0 Å². The molecule has 1 atom stereocenters. The molecule has 2 rings (SSSR count). The Labute approximate surface area is 103 Å². The van der Waals surface area contributed by atoms with E-state index < -0.39 is 0 Å². The number of halogens is 1. The van der Waals surface area contributed by atoms with E-state index in [-0.39, 0.29) is 5.60 Å². The second-order valence-electron chi connectivity index (χ2n) is 3.90. The summed E-state index contributed by atoms with van der Waals surface area (Å²) in [5.74, 6) is 0.818. The number of H-pyrrole nitrogens is 1. The number of methoxy groups -OCH3 is 1. The number of imidazole rings is 1. The Balaban J connectivity index is 2.54. The summed E-state index contributed by atoms with van der Waals surface area (Å²) < 4.78 is 6.44. The fraction of sp³-hybridized carbons (Fsp3) is 0.455. The quantitative estimate of drug-likeness (QED) is 0.942. The minimum absolute atomic E-state index is 0.382. The minimum Gasteiger partial charge on any atom is -0.371 e. The third-order valence-corrected chi connectivity index (χ3v) is 3.36. The molecule has 0 fully saturated rings. The van der Waals surface area contributed by atoms with Crippen molar-refractivity contribution in [2.75, 3.05) is 7.11 Å². The van der Waals surface area contributed by atoms with E-state index in [0.29, 0.717) is 0 Å². The van der Waals surface area contributed by atoms with E-state index in [0.717, 1.165) is 27.9 Å². The van der Waals surface area contributed by atoms with Gasteiger partial charge in [-0.15, -0.1) is 0 Å². The zero-order chi connectivity index (χ0) is 11.8. The van der Waals surface area contributed by atoms with Crippen LogP contribution in [0.5, 0.6) is 0 Å². The number of hydrogen-bond donors (Lipinski definition) is 1. The highest BCUT2D eigenvalue weighted by atomic mass is 79.9. The molecule has 0 saturated heterocycles. The van der Waals surface area contributed by atoms with Crippen molar-refractivity contribution in [2.45, 2.75) is 25.9 Å².